The number of rotatable bonds is 2. The first kappa shape index (κ1) is 12.8. The van der Waals surface area contributed by atoms with Gasteiger partial charge in [-0.2, -0.15) is 13.2 Å². The van der Waals surface area contributed by atoms with Crippen LogP contribution in [0, 0.1) is 0 Å². The number of nitrogens with zero attached hydrogens (tertiary/aromatic N) is 2. The second kappa shape index (κ2) is 4.53. The Balaban J connectivity index is 2.62. The lowest BCUT2D eigenvalue weighted by atomic mass is 10.3. The van der Waals surface area contributed by atoms with Crippen molar-refractivity contribution in [3.05, 3.63) is 28.5 Å². The fourth-order valence-electron chi connectivity index (χ4n) is 1.43. The average Bonchev–Trinajstić information content (AvgIpc) is 2.54. The summed E-state index contributed by atoms with van der Waals surface area (Å²) < 4.78 is 39.8. The first-order valence-electron chi connectivity index (χ1n) is 4.81. The standard InChI is InChI=1S/C10H8BrF3N2S/c1-2-17-9-8(11)15-7-4-3-6(5-16(7)9)10(12,13)14/h3-5H,2H2,1H3. The van der Waals surface area contributed by atoms with E-state index in [1.54, 1.807) is 0 Å². The largest absolute Gasteiger partial charge is 0.417 e. The molecule has 17 heavy (non-hydrogen) atoms. The van der Waals surface area contributed by atoms with E-state index in [2.05, 4.69) is 20.9 Å². The molecule has 2 aromatic rings. The number of hydrogen-bond donors (Lipinski definition) is 0. The molecule has 0 aliphatic carbocycles. The highest BCUT2D eigenvalue weighted by Crippen LogP contribution is 2.33. The van der Waals surface area contributed by atoms with Gasteiger partial charge in [0.25, 0.3) is 0 Å². The van der Waals surface area contributed by atoms with Crippen LogP contribution in [0.1, 0.15) is 12.5 Å². The number of aromatic nitrogens is 2. The number of pyridine rings is 1. The fraction of sp³-hybridized carbons (Fsp3) is 0.300. The van der Waals surface area contributed by atoms with E-state index >= 15 is 0 Å². The molecule has 0 fully saturated rings. The zero-order valence-corrected chi connectivity index (χ0v) is 11.2. The van der Waals surface area contributed by atoms with Crippen LogP contribution >= 0.6 is 27.7 Å². The van der Waals surface area contributed by atoms with Crippen molar-refractivity contribution in [1.82, 2.24) is 9.38 Å². The van der Waals surface area contributed by atoms with E-state index < -0.39 is 11.7 Å². The topological polar surface area (TPSA) is 17.3 Å². The van der Waals surface area contributed by atoms with E-state index in [0.717, 1.165) is 18.0 Å². The Morgan fingerprint density at radius 1 is 1.41 bits per heavy atom. The highest BCUT2D eigenvalue weighted by molar-refractivity contribution is 9.10. The van der Waals surface area contributed by atoms with Crippen molar-refractivity contribution in [2.75, 3.05) is 5.75 Å². The van der Waals surface area contributed by atoms with Gasteiger partial charge < -0.3 is 0 Å². The van der Waals surface area contributed by atoms with Gasteiger partial charge >= 0.3 is 6.18 Å². The minimum atomic E-state index is -4.33. The van der Waals surface area contributed by atoms with E-state index in [4.69, 9.17) is 0 Å². The normalized spacial score (nSPS) is 12.3. The van der Waals surface area contributed by atoms with Crippen LogP contribution in [0.3, 0.4) is 0 Å². The first-order chi connectivity index (χ1) is 7.93. The highest BCUT2D eigenvalue weighted by atomic mass is 79.9. The molecule has 0 unspecified atom stereocenters. The molecule has 0 N–H and O–H groups in total. The number of halogens is 4. The highest BCUT2D eigenvalue weighted by Gasteiger charge is 2.31. The third-order valence-electron chi connectivity index (χ3n) is 2.14. The van der Waals surface area contributed by atoms with Crippen molar-refractivity contribution in [3.8, 4) is 0 Å². The maximum atomic E-state index is 12.6. The van der Waals surface area contributed by atoms with Gasteiger partial charge in [0, 0.05) is 6.20 Å². The Morgan fingerprint density at radius 2 is 2.12 bits per heavy atom. The summed E-state index contributed by atoms with van der Waals surface area (Å²) in [6.07, 6.45) is -3.26. The molecule has 0 aliphatic heterocycles. The Morgan fingerprint density at radius 3 is 2.71 bits per heavy atom. The van der Waals surface area contributed by atoms with Crippen LogP contribution in [-0.4, -0.2) is 15.1 Å². The quantitative estimate of drug-likeness (QED) is 0.769. The van der Waals surface area contributed by atoms with Crippen molar-refractivity contribution in [3.63, 3.8) is 0 Å². The summed E-state index contributed by atoms with van der Waals surface area (Å²) in [6.45, 7) is 1.93. The van der Waals surface area contributed by atoms with E-state index in [9.17, 15) is 13.2 Å². The maximum absolute atomic E-state index is 12.6. The monoisotopic (exact) mass is 324 g/mol. The van der Waals surface area contributed by atoms with Crippen molar-refractivity contribution in [2.24, 2.45) is 0 Å². The summed E-state index contributed by atoms with van der Waals surface area (Å²) in [4.78, 5) is 4.15. The summed E-state index contributed by atoms with van der Waals surface area (Å²) in [7, 11) is 0. The molecule has 0 atom stereocenters. The Hall–Kier alpha value is -0.690. The summed E-state index contributed by atoms with van der Waals surface area (Å²) >= 11 is 4.70. The lowest BCUT2D eigenvalue weighted by Gasteiger charge is -2.07. The molecular weight excluding hydrogens is 317 g/mol. The molecule has 2 rings (SSSR count). The molecule has 0 radical (unpaired) electrons. The molecule has 0 aromatic carbocycles. The van der Waals surface area contributed by atoms with Gasteiger partial charge in [-0.05, 0) is 33.8 Å². The van der Waals surface area contributed by atoms with Gasteiger partial charge in [0.15, 0.2) is 0 Å². The van der Waals surface area contributed by atoms with Gasteiger partial charge in [0.1, 0.15) is 15.3 Å². The fourth-order valence-corrected chi connectivity index (χ4v) is 2.87. The van der Waals surface area contributed by atoms with Crippen LogP contribution in [0.15, 0.2) is 28.0 Å². The Bertz CT molecular complexity index is 550. The second-order valence-corrected chi connectivity index (χ2v) is 5.29. The summed E-state index contributed by atoms with van der Waals surface area (Å²) in [5.74, 6) is 0.767. The van der Waals surface area contributed by atoms with Crippen LogP contribution in [-0.2, 0) is 6.18 Å². The maximum Gasteiger partial charge on any atom is 0.417 e. The van der Waals surface area contributed by atoms with Gasteiger partial charge in [-0.3, -0.25) is 4.40 Å². The molecule has 2 nitrogen and oxygen atoms in total. The molecule has 0 amide bonds. The summed E-state index contributed by atoms with van der Waals surface area (Å²) in [5.41, 5.74) is -0.173. The van der Waals surface area contributed by atoms with Crippen LogP contribution in [0.25, 0.3) is 5.65 Å². The molecule has 92 valence electrons. The van der Waals surface area contributed by atoms with Crippen molar-refractivity contribution < 1.29 is 13.2 Å². The predicted octanol–water partition coefficient (Wildman–Crippen LogP) is 4.23. The number of fused-ring (bicyclic) bond motifs is 1. The van der Waals surface area contributed by atoms with Gasteiger partial charge in [0.2, 0.25) is 0 Å². The molecule has 2 heterocycles. The van der Waals surface area contributed by atoms with Crippen LogP contribution in [0.5, 0.6) is 0 Å². The SMILES string of the molecule is CCSc1c(Br)nc2ccc(C(F)(F)F)cn12. The van der Waals surface area contributed by atoms with E-state index in [1.165, 1.54) is 22.2 Å². The zero-order valence-electron chi connectivity index (χ0n) is 8.75. The van der Waals surface area contributed by atoms with Crippen molar-refractivity contribution in [2.45, 2.75) is 18.1 Å². The molecule has 0 bridgehead atoms. The summed E-state index contributed by atoms with van der Waals surface area (Å²) in [5, 5.41) is 0.689. The van der Waals surface area contributed by atoms with Gasteiger partial charge in [-0.15, -0.1) is 11.8 Å². The van der Waals surface area contributed by atoms with Gasteiger partial charge in [-0.25, -0.2) is 4.98 Å². The molecule has 0 saturated heterocycles. The smallest absolute Gasteiger partial charge is 0.293 e. The molecule has 0 spiro atoms. The Labute approximate surface area is 108 Å². The predicted molar refractivity (Wildman–Crippen MR) is 64.3 cm³/mol. The molecule has 2 aromatic heterocycles. The molecule has 0 saturated carbocycles. The molecular formula is C10H8BrF3N2S. The van der Waals surface area contributed by atoms with Crippen molar-refractivity contribution >= 4 is 33.3 Å². The molecule has 0 aliphatic rings. The zero-order chi connectivity index (χ0) is 12.6. The van der Waals surface area contributed by atoms with E-state index in [0.29, 0.717) is 15.3 Å². The minimum absolute atomic E-state index is 0.501. The number of alkyl halides is 3. The van der Waals surface area contributed by atoms with Crippen LogP contribution in [0.2, 0.25) is 0 Å². The average molecular weight is 325 g/mol. The molecule has 7 heteroatoms. The van der Waals surface area contributed by atoms with E-state index in [-0.39, 0.29) is 0 Å². The third-order valence-corrected chi connectivity index (χ3v) is 3.91. The Kier molecular flexibility index (Phi) is 3.40. The minimum Gasteiger partial charge on any atom is -0.293 e. The van der Waals surface area contributed by atoms with Crippen LogP contribution < -0.4 is 0 Å². The van der Waals surface area contributed by atoms with Crippen LogP contribution in [0.4, 0.5) is 13.2 Å². The van der Waals surface area contributed by atoms with Gasteiger partial charge in [0.05, 0.1) is 5.56 Å². The number of hydrogen-bond acceptors (Lipinski definition) is 2. The van der Waals surface area contributed by atoms with Crippen molar-refractivity contribution in [1.29, 1.82) is 0 Å². The lowest BCUT2D eigenvalue weighted by Crippen LogP contribution is -2.06. The lowest BCUT2D eigenvalue weighted by molar-refractivity contribution is -0.137. The second-order valence-electron chi connectivity index (χ2n) is 3.28. The number of thioether (sulfide) groups is 1. The first-order valence-corrected chi connectivity index (χ1v) is 6.59. The summed E-state index contributed by atoms with van der Waals surface area (Å²) in [6, 6.07) is 2.41. The van der Waals surface area contributed by atoms with Gasteiger partial charge in [-0.1, -0.05) is 6.92 Å². The van der Waals surface area contributed by atoms with E-state index in [1.807, 2.05) is 6.92 Å². The third kappa shape index (κ3) is 2.44. The number of imidazole rings is 1.